The standard InChI is InChI=1S/C19H38N6O2.HI/c1-15(24-11-9-23(6)10-12-24)13-21-17(20-5)25-8-7-16(14-25)22-18(26)27-19(2,3)4;/h15-16H,7-14H2,1-6H3,(H,20,21)(H,22,26);1H. The maximum Gasteiger partial charge on any atom is 0.407 e. The predicted molar refractivity (Wildman–Crippen MR) is 125 cm³/mol. The van der Waals surface area contributed by atoms with Crippen LogP contribution in [-0.2, 0) is 4.74 Å². The number of aliphatic imine (C=N–C) groups is 1. The SMILES string of the molecule is CN=C(NCC(C)N1CCN(C)CC1)N1CCC(NC(=O)OC(C)(C)C)C1.I. The second-order valence-electron chi connectivity index (χ2n) is 8.69. The Morgan fingerprint density at radius 3 is 2.43 bits per heavy atom. The number of hydrogen-bond acceptors (Lipinski definition) is 5. The van der Waals surface area contributed by atoms with Gasteiger partial charge in [0, 0.05) is 58.9 Å². The summed E-state index contributed by atoms with van der Waals surface area (Å²) in [5.41, 5.74) is -0.473. The molecule has 0 aliphatic carbocycles. The first-order chi connectivity index (χ1) is 12.7. The fourth-order valence-electron chi connectivity index (χ4n) is 3.51. The number of nitrogens with one attached hydrogen (secondary N) is 2. The molecule has 2 aliphatic heterocycles. The van der Waals surface area contributed by atoms with Crippen molar-refractivity contribution in [2.45, 2.75) is 51.8 Å². The normalized spacial score (nSPS) is 23.1. The topological polar surface area (TPSA) is 72.4 Å². The summed E-state index contributed by atoms with van der Waals surface area (Å²) in [5.74, 6) is 0.907. The number of rotatable bonds is 4. The highest BCUT2D eigenvalue weighted by Gasteiger charge is 2.28. The third-order valence-electron chi connectivity index (χ3n) is 5.14. The van der Waals surface area contributed by atoms with Crippen LogP contribution < -0.4 is 10.6 Å². The molecule has 0 saturated carbocycles. The van der Waals surface area contributed by atoms with E-state index in [9.17, 15) is 4.79 Å². The molecule has 164 valence electrons. The maximum absolute atomic E-state index is 12.0. The largest absolute Gasteiger partial charge is 0.444 e. The summed E-state index contributed by atoms with van der Waals surface area (Å²) >= 11 is 0. The van der Waals surface area contributed by atoms with Gasteiger partial charge in [0.2, 0.25) is 0 Å². The van der Waals surface area contributed by atoms with Crippen LogP contribution in [0.2, 0.25) is 0 Å². The lowest BCUT2D eigenvalue weighted by molar-refractivity contribution is 0.0507. The number of piperazine rings is 1. The predicted octanol–water partition coefficient (Wildman–Crippen LogP) is 1.41. The Labute approximate surface area is 187 Å². The van der Waals surface area contributed by atoms with Gasteiger partial charge < -0.3 is 25.2 Å². The molecule has 0 aromatic carbocycles. The van der Waals surface area contributed by atoms with Gasteiger partial charge in [0.1, 0.15) is 5.60 Å². The molecule has 2 unspecified atom stereocenters. The summed E-state index contributed by atoms with van der Waals surface area (Å²) in [6, 6.07) is 0.558. The van der Waals surface area contributed by atoms with Crippen molar-refractivity contribution < 1.29 is 9.53 Å². The molecule has 2 aliphatic rings. The maximum atomic E-state index is 12.0. The number of amides is 1. The molecule has 2 saturated heterocycles. The van der Waals surface area contributed by atoms with E-state index in [4.69, 9.17) is 4.74 Å². The summed E-state index contributed by atoms with van der Waals surface area (Å²) < 4.78 is 5.35. The summed E-state index contributed by atoms with van der Waals surface area (Å²) in [4.78, 5) is 23.5. The lowest BCUT2D eigenvalue weighted by Gasteiger charge is -2.37. The van der Waals surface area contributed by atoms with Crippen LogP contribution in [0, 0.1) is 0 Å². The number of likely N-dealkylation sites (tertiary alicyclic amines) is 1. The molecule has 2 atom stereocenters. The molecule has 9 heteroatoms. The minimum Gasteiger partial charge on any atom is -0.444 e. The van der Waals surface area contributed by atoms with Gasteiger partial charge in [-0.15, -0.1) is 24.0 Å². The molecule has 0 bridgehead atoms. The van der Waals surface area contributed by atoms with Crippen LogP contribution in [0.5, 0.6) is 0 Å². The van der Waals surface area contributed by atoms with E-state index in [0.717, 1.165) is 58.2 Å². The number of ether oxygens (including phenoxy) is 1. The molecular weight excluding hydrogens is 471 g/mol. The average Bonchev–Trinajstić information content (AvgIpc) is 3.02. The Morgan fingerprint density at radius 1 is 1.21 bits per heavy atom. The number of halogens is 1. The van der Waals surface area contributed by atoms with Gasteiger partial charge >= 0.3 is 6.09 Å². The molecule has 0 radical (unpaired) electrons. The first-order valence-corrected chi connectivity index (χ1v) is 10.1. The van der Waals surface area contributed by atoms with Crippen LogP contribution in [0.4, 0.5) is 4.79 Å². The van der Waals surface area contributed by atoms with Crippen LogP contribution in [0.25, 0.3) is 0 Å². The lowest BCUT2D eigenvalue weighted by atomic mass is 10.2. The van der Waals surface area contributed by atoms with Gasteiger partial charge in [-0.2, -0.15) is 0 Å². The number of carbonyl (C=O) groups is 1. The highest BCUT2D eigenvalue weighted by molar-refractivity contribution is 14.0. The molecule has 2 N–H and O–H groups in total. The van der Waals surface area contributed by atoms with Crippen molar-refractivity contribution in [3.8, 4) is 0 Å². The molecule has 28 heavy (non-hydrogen) atoms. The third kappa shape index (κ3) is 8.28. The Kier molecular flexibility index (Phi) is 10.3. The molecule has 0 spiro atoms. The van der Waals surface area contributed by atoms with Crippen molar-refractivity contribution in [2.24, 2.45) is 4.99 Å². The smallest absolute Gasteiger partial charge is 0.407 e. The van der Waals surface area contributed by atoms with E-state index in [2.05, 4.69) is 44.3 Å². The number of guanidine groups is 1. The van der Waals surface area contributed by atoms with Gasteiger partial charge in [-0.3, -0.25) is 9.89 Å². The Balaban J connectivity index is 0.00000392. The monoisotopic (exact) mass is 510 g/mol. The highest BCUT2D eigenvalue weighted by atomic mass is 127. The minimum absolute atomic E-state index is 0. The van der Waals surface area contributed by atoms with Crippen molar-refractivity contribution in [1.82, 2.24) is 25.3 Å². The fraction of sp³-hybridized carbons (Fsp3) is 0.895. The van der Waals surface area contributed by atoms with E-state index in [1.54, 1.807) is 0 Å². The number of alkyl carbamates (subject to hydrolysis) is 1. The second-order valence-corrected chi connectivity index (χ2v) is 8.69. The zero-order valence-corrected chi connectivity index (χ0v) is 20.7. The minimum atomic E-state index is -0.473. The van der Waals surface area contributed by atoms with Crippen LogP contribution in [-0.4, -0.2) is 104 Å². The van der Waals surface area contributed by atoms with E-state index < -0.39 is 5.60 Å². The summed E-state index contributed by atoms with van der Waals surface area (Å²) in [6.07, 6.45) is 0.550. The van der Waals surface area contributed by atoms with E-state index in [1.807, 2.05) is 27.8 Å². The molecule has 0 aromatic rings. The molecular formula is C19H39IN6O2. The molecule has 1 amide bonds. The summed E-state index contributed by atoms with van der Waals surface area (Å²) in [6.45, 7) is 14.9. The number of carbonyl (C=O) groups excluding carboxylic acids is 1. The van der Waals surface area contributed by atoms with Crippen LogP contribution in [0.15, 0.2) is 4.99 Å². The van der Waals surface area contributed by atoms with Gasteiger partial charge in [0.25, 0.3) is 0 Å². The Bertz CT molecular complexity index is 517. The van der Waals surface area contributed by atoms with Gasteiger partial charge in [-0.05, 0) is 41.2 Å². The first kappa shape index (κ1) is 25.2. The van der Waals surface area contributed by atoms with Crippen LogP contribution in [0.1, 0.15) is 34.1 Å². The third-order valence-corrected chi connectivity index (χ3v) is 5.14. The van der Waals surface area contributed by atoms with Crippen molar-refractivity contribution in [2.75, 3.05) is 59.9 Å². The fourth-order valence-corrected chi connectivity index (χ4v) is 3.51. The molecule has 2 heterocycles. The van der Waals surface area contributed by atoms with Crippen molar-refractivity contribution in [1.29, 1.82) is 0 Å². The van der Waals surface area contributed by atoms with E-state index in [0.29, 0.717) is 6.04 Å². The van der Waals surface area contributed by atoms with Gasteiger partial charge in [0.15, 0.2) is 5.96 Å². The first-order valence-electron chi connectivity index (χ1n) is 10.1. The zero-order chi connectivity index (χ0) is 20.0. The van der Waals surface area contributed by atoms with Crippen LogP contribution in [0.3, 0.4) is 0 Å². The van der Waals surface area contributed by atoms with E-state index in [-0.39, 0.29) is 36.1 Å². The number of likely N-dealkylation sites (N-methyl/N-ethyl adjacent to an activating group) is 1. The van der Waals surface area contributed by atoms with Crippen LogP contribution >= 0.6 is 24.0 Å². The summed E-state index contributed by atoms with van der Waals surface area (Å²) in [7, 11) is 3.99. The molecule has 8 nitrogen and oxygen atoms in total. The van der Waals surface area contributed by atoms with Crippen molar-refractivity contribution >= 4 is 36.0 Å². The number of hydrogen-bond donors (Lipinski definition) is 2. The van der Waals surface area contributed by atoms with Gasteiger partial charge in [0.05, 0.1) is 6.04 Å². The van der Waals surface area contributed by atoms with Crippen molar-refractivity contribution in [3.05, 3.63) is 0 Å². The zero-order valence-electron chi connectivity index (χ0n) is 18.3. The lowest BCUT2D eigenvalue weighted by Crippen LogP contribution is -2.52. The van der Waals surface area contributed by atoms with E-state index in [1.165, 1.54) is 0 Å². The van der Waals surface area contributed by atoms with E-state index >= 15 is 0 Å². The van der Waals surface area contributed by atoms with Crippen molar-refractivity contribution in [3.63, 3.8) is 0 Å². The van der Waals surface area contributed by atoms with Gasteiger partial charge in [-0.1, -0.05) is 0 Å². The number of nitrogens with zero attached hydrogens (tertiary/aromatic N) is 4. The molecule has 2 rings (SSSR count). The second kappa shape index (κ2) is 11.4. The molecule has 2 fully saturated rings. The Morgan fingerprint density at radius 2 is 1.86 bits per heavy atom. The highest BCUT2D eigenvalue weighted by Crippen LogP contribution is 2.12. The molecule has 0 aromatic heterocycles. The quantitative estimate of drug-likeness (QED) is 0.339. The average molecular weight is 510 g/mol. The summed E-state index contributed by atoms with van der Waals surface area (Å²) in [5, 5.41) is 6.48. The Hall–Kier alpha value is -0.810. The van der Waals surface area contributed by atoms with Gasteiger partial charge in [-0.25, -0.2) is 4.79 Å².